The van der Waals surface area contributed by atoms with Crippen LogP contribution < -0.4 is 20.1 Å². The third-order valence-electron chi connectivity index (χ3n) is 4.73. The molecule has 0 bridgehead atoms. The van der Waals surface area contributed by atoms with E-state index in [9.17, 15) is 0 Å². The lowest BCUT2D eigenvalue weighted by molar-refractivity contribution is 0.398. The zero-order valence-corrected chi connectivity index (χ0v) is 20.2. The molecule has 1 aromatic carbocycles. The molecule has 0 saturated carbocycles. The number of aromatic nitrogens is 2. The Morgan fingerprint density at radius 3 is 2.60 bits per heavy atom. The molecule has 0 unspecified atom stereocenters. The van der Waals surface area contributed by atoms with E-state index in [1.165, 1.54) is 5.69 Å². The second kappa shape index (κ2) is 12.4. The number of ether oxygens (including phenoxy) is 2. The molecule has 164 valence electrons. The minimum atomic E-state index is 0. The predicted molar refractivity (Wildman–Crippen MR) is 134 cm³/mol. The van der Waals surface area contributed by atoms with Gasteiger partial charge >= 0.3 is 0 Å². The van der Waals surface area contributed by atoms with E-state index in [2.05, 4.69) is 50.6 Å². The van der Waals surface area contributed by atoms with Crippen molar-refractivity contribution in [3.8, 4) is 11.5 Å². The monoisotopic (exact) mass is 525 g/mol. The van der Waals surface area contributed by atoms with Crippen LogP contribution in [0.25, 0.3) is 10.9 Å². The molecule has 7 nitrogen and oxygen atoms in total. The van der Waals surface area contributed by atoms with Crippen molar-refractivity contribution in [3.63, 3.8) is 0 Å². The van der Waals surface area contributed by atoms with Gasteiger partial charge in [-0.3, -0.25) is 4.99 Å². The van der Waals surface area contributed by atoms with Crippen LogP contribution >= 0.6 is 24.0 Å². The van der Waals surface area contributed by atoms with Gasteiger partial charge in [-0.15, -0.1) is 24.0 Å². The smallest absolute Gasteiger partial charge is 0.191 e. The first-order valence-corrected chi connectivity index (χ1v) is 10.1. The summed E-state index contributed by atoms with van der Waals surface area (Å²) in [5.41, 5.74) is 2.20. The number of benzene rings is 1. The molecule has 3 rings (SSSR count). The number of aliphatic imine (C=N–C) groups is 1. The number of hydrogen-bond donors (Lipinski definition) is 3. The summed E-state index contributed by atoms with van der Waals surface area (Å²) in [6.07, 6.45) is 6.01. The van der Waals surface area contributed by atoms with Crippen LogP contribution in [0.4, 0.5) is 0 Å². The van der Waals surface area contributed by atoms with E-state index < -0.39 is 0 Å². The van der Waals surface area contributed by atoms with Crippen molar-refractivity contribution in [2.24, 2.45) is 4.99 Å². The largest absolute Gasteiger partial charge is 0.497 e. The Labute approximate surface area is 195 Å². The van der Waals surface area contributed by atoms with Gasteiger partial charge in [0.15, 0.2) is 5.96 Å². The molecular formula is C22H32IN5O2. The first-order valence-electron chi connectivity index (χ1n) is 10.1. The Hall–Kier alpha value is -2.36. The Morgan fingerprint density at radius 1 is 1.10 bits per heavy atom. The molecule has 2 aromatic heterocycles. The van der Waals surface area contributed by atoms with Gasteiger partial charge in [0.1, 0.15) is 11.5 Å². The summed E-state index contributed by atoms with van der Waals surface area (Å²) in [5.74, 6) is 2.47. The zero-order valence-electron chi connectivity index (χ0n) is 17.9. The number of rotatable bonds is 10. The van der Waals surface area contributed by atoms with Crippen LogP contribution in [-0.2, 0) is 13.0 Å². The number of halogens is 1. The van der Waals surface area contributed by atoms with Crippen LogP contribution in [0.1, 0.15) is 19.0 Å². The number of fused-ring (bicyclic) bond motifs is 1. The fourth-order valence-corrected chi connectivity index (χ4v) is 3.28. The quantitative estimate of drug-likeness (QED) is 0.163. The number of hydrogen-bond acceptors (Lipinski definition) is 3. The summed E-state index contributed by atoms with van der Waals surface area (Å²) < 4.78 is 13.0. The number of aromatic amines is 1. The minimum Gasteiger partial charge on any atom is -0.497 e. The lowest BCUT2D eigenvalue weighted by Gasteiger charge is -2.11. The van der Waals surface area contributed by atoms with Crippen molar-refractivity contribution in [3.05, 3.63) is 48.4 Å². The first kappa shape index (κ1) is 23.9. The van der Waals surface area contributed by atoms with Crippen molar-refractivity contribution in [1.82, 2.24) is 20.2 Å². The molecule has 2 heterocycles. The number of nitrogens with one attached hydrogen (secondary N) is 3. The maximum absolute atomic E-state index is 5.49. The van der Waals surface area contributed by atoms with Crippen LogP contribution in [0.2, 0.25) is 0 Å². The van der Waals surface area contributed by atoms with Crippen molar-refractivity contribution in [2.45, 2.75) is 26.3 Å². The van der Waals surface area contributed by atoms with E-state index >= 15 is 0 Å². The van der Waals surface area contributed by atoms with Crippen LogP contribution in [0.3, 0.4) is 0 Å². The minimum absolute atomic E-state index is 0. The molecule has 0 radical (unpaired) electrons. The molecule has 0 atom stereocenters. The van der Waals surface area contributed by atoms with Gasteiger partial charge in [-0.25, -0.2) is 0 Å². The Kier molecular flexibility index (Phi) is 9.85. The van der Waals surface area contributed by atoms with Gasteiger partial charge in [-0.05, 0) is 38.0 Å². The highest BCUT2D eigenvalue weighted by atomic mass is 127. The molecular weight excluding hydrogens is 493 g/mol. The number of H-pyrrole nitrogens is 1. The van der Waals surface area contributed by atoms with Gasteiger partial charge in [-0.2, -0.15) is 0 Å². The summed E-state index contributed by atoms with van der Waals surface area (Å²) >= 11 is 0. The van der Waals surface area contributed by atoms with Crippen molar-refractivity contribution in [2.75, 3.05) is 33.9 Å². The summed E-state index contributed by atoms with van der Waals surface area (Å²) in [5, 5.41) is 7.76. The van der Waals surface area contributed by atoms with Crippen molar-refractivity contribution < 1.29 is 9.47 Å². The SMILES string of the molecule is CCNC(=NCCCc1cc2c(OC)cc(OC)cc2[nH]1)NCCn1cccc1.I. The molecule has 0 amide bonds. The molecule has 0 saturated heterocycles. The topological polar surface area (TPSA) is 75.6 Å². The third kappa shape index (κ3) is 6.58. The average molecular weight is 525 g/mol. The van der Waals surface area contributed by atoms with E-state index in [4.69, 9.17) is 9.47 Å². The van der Waals surface area contributed by atoms with Crippen LogP contribution in [-0.4, -0.2) is 49.4 Å². The highest BCUT2D eigenvalue weighted by molar-refractivity contribution is 14.0. The number of guanidine groups is 1. The molecule has 0 spiro atoms. The Bertz CT molecular complexity index is 921. The van der Waals surface area contributed by atoms with Crippen LogP contribution in [0.15, 0.2) is 47.7 Å². The van der Waals surface area contributed by atoms with Gasteiger partial charge in [0.05, 0.1) is 19.7 Å². The number of nitrogens with zero attached hydrogens (tertiary/aromatic N) is 2. The maximum atomic E-state index is 5.49. The van der Waals surface area contributed by atoms with E-state index in [0.29, 0.717) is 0 Å². The predicted octanol–water partition coefficient (Wildman–Crippen LogP) is 3.79. The van der Waals surface area contributed by atoms with E-state index in [-0.39, 0.29) is 24.0 Å². The average Bonchev–Trinajstić information content (AvgIpc) is 3.39. The summed E-state index contributed by atoms with van der Waals surface area (Å²) in [7, 11) is 3.35. The normalized spacial score (nSPS) is 11.2. The van der Waals surface area contributed by atoms with Gasteiger partial charge < -0.3 is 29.7 Å². The summed E-state index contributed by atoms with van der Waals surface area (Å²) in [6, 6.07) is 10.1. The fraction of sp³-hybridized carbons (Fsp3) is 0.409. The molecule has 8 heteroatoms. The first-order chi connectivity index (χ1) is 14.2. The Balaban J connectivity index is 0.00000320. The molecule has 0 fully saturated rings. The van der Waals surface area contributed by atoms with Crippen LogP contribution in [0.5, 0.6) is 11.5 Å². The second-order valence-electron chi connectivity index (χ2n) is 6.80. The molecule has 3 N–H and O–H groups in total. The van der Waals surface area contributed by atoms with Gasteiger partial charge in [0.25, 0.3) is 0 Å². The van der Waals surface area contributed by atoms with Gasteiger partial charge in [-0.1, -0.05) is 0 Å². The summed E-state index contributed by atoms with van der Waals surface area (Å²) in [4.78, 5) is 8.15. The second-order valence-corrected chi connectivity index (χ2v) is 6.80. The highest BCUT2D eigenvalue weighted by Crippen LogP contribution is 2.31. The van der Waals surface area contributed by atoms with Crippen molar-refractivity contribution >= 4 is 40.8 Å². The molecule has 3 aromatic rings. The van der Waals surface area contributed by atoms with E-state index in [1.54, 1.807) is 14.2 Å². The maximum Gasteiger partial charge on any atom is 0.191 e. The lowest BCUT2D eigenvalue weighted by atomic mass is 10.2. The standard InChI is InChI=1S/C22H31N5O2.HI/c1-4-23-22(25-10-13-27-11-5-6-12-27)24-9-7-8-17-14-19-20(26-17)15-18(28-2)16-21(19)29-3;/h5-6,11-12,14-16,26H,4,7-10,13H2,1-3H3,(H2,23,24,25);1H. The van der Waals surface area contributed by atoms with Gasteiger partial charge in [0.2, 0.25) is 0 Å². The van der Waals surface area contributed by atoms with Gasteiger partial charge in [0, 0.05) is 61.8 Å². The summed E-state index contributed by atoms with van der Waals surface area (Å²) in [6.45, 7) is 5.44. The van der Waals surface area contributed by atoms with E-state index in [1.807, 2.05) is 24.3 Å². The van der Waals surface area contributed by atoms with Crippen LogP contribution in [0, 0.1) is 0 Å². The Morgan fingerprint density at radius 2 is 1.90 bits per heavy atom. The third-order valence-corrected chi connectivity index (χ3v) is 4.73. The molecule has 30 heavy (non-hydrogen) atoms. The van der Waals surface area contributed by atoms with Crippen molar-refractivity contribution in [1.29, 1.82) is 0 Å². The highest BCUT2D eigenvalue weighted by Gasteiger charge is 2.09. The lowest BCUT2D eigenvalue weighted by Crippen LogP contribution is -2.38. The number of aryl methyl sites for hydroxylation is 1. The molecule has 0 aliphatic carbocycles. The van der Waals surface area contributed by atoms with E-state index in [0.717, 1.165) is 67.4 Å². The molecule has 0 aliphatic heterocycles. The molecule has 0 aliphatic rings. The zero-order chi connectivity index (χ0) is 20.5. The number of methoxy groups -OCH3 is 2. The fourth-order valence-electron chi connectivity index (χ4n) is 3.28.